The lowest BCUT2D eigenvalue weighted by Crippen LogP contribution is -2.30. The zero-order valence-electron chi connectivity index (χ0n) is 13.4. The molecule has 130 valence electrons. The highest BCUT2D eigenvalue weighted by Crippen LogP contribution is 2.17. The van der Waals surface area contributed by atoms with E-state index in [1.807, 2.05) is 30.5 Å². The molecule has 1 N–H and O–H groups in total. The largest absolute Gasteiger partial charge is 0.350 e. The van der Waals surface area contributed by atoms with E-state index < -0.39 is 0 Å². The zero-order valence-corrected chi connectivity index (χ0v) is 16.7. The molecule has 0 saturated heterocycles. The second-order valence-corrected chi connectivity index (χ2v) is 8.69. The van der Waals surface area contributed by atoms with E-state index in [0.29, 0.717) is 23.6 Å². The van der Waals surface area contributed by atoms with Crippen LogP contribution < -0.4 is 10.9 Å². The highest BCUT2D eigenvalue weighted by Gasteiger charge is 2.14. The van der Waals surface area contributed by atoms with Gasteiger partial charge in [0.15, 0.2) is 0 Å². The summed E-state index contributed by atoms with van der Waals surface area (Å²) in [6.07, 6.45) is 1.70. The Labute approximate surface area is 161 Å². The van der Waals surface area contributed by atoms with Gasteiger partial charge in [0.25, 0.3) is 5.56 Å². The van der Waals surface area contributed by atoms with Crippen LogP contribution in [0.4, 0.5) is 0 Å². The number of fused-ring (bicyclic) bond motifs is 1. The molecule has 0 spiro atoms. The Hall–Kier alpha value is -1.64. The molecule has 0 aliphatic rings. The number of nitrogens with one attached hydrogen (secondary N) is 1. The number of nitrogens with zero attached hydrogens (tertiary/aromatic N) is 2. The van der Waals surface area contributed by atoms with Crippen molar-refractivity contribution in [3.63, 3.8) is 0 Å². The molecule has 1 amide bonds. The molecule has 3 aromatic rings. The van der Waals surface area contributed by atoms with E-state index in [1.165, 1.54) is 22.2 Å². The van der Waals surface area contributed by atoms with E-state index in [4.69, 9.17) is 0 Å². The number of thioether (sulfide) groups is 1. The van der Waals surface area contributed by atoms with Gasteiger partial charge in [0.1, 0.15) is 5.65 Å². The SMILES string of the molecule is CC(SCc1cc(=O)n2cc(Br)ccc2n1)C(=O)NCc1cccs1. The molecule has 0 aliphatic carbocycles. The minimum Gasteiger partial charge on any atom is -0.350 e. The van der Waals surface area contributed by atoms with Gasteiger partial charge in [-0.3, -0.25) is 14.0 Å². The predicted octanol–water partition coefficient (Wildman–Crippen LogP) is 3.46. The number of pyridine rings is 1. The lowest BCUT2D eigenvalue weighted by Gasteiger charge is -2.11. The van der Waals surface area contributed by atoms with E-state index in [-0.39, 0.29) is 16.7 Å². The van der Waals surface area contributed by atoms with Crippen LogP contribution in [0.15, 0.2) is 51.2 Å². The van der Waals surface area contributed by atoms with Gasteiger partial charge in [-0.2, -0.15) is 0 Å². The third kappa shape index (κ3) is 4.71. The van der Waals surface area contributed by atoms with Crippen LogP contribution >= 0.6 is 39.0 Å². The van der Waals surface area contributed by atoms with Gasteiger partial charge in [-0.15, -0.1) is 23.1 Å². The van der Waals surface area contributed by atoms with Gasteiger partial charge >= 0.3 is 0 Å². The predicted molar refractivity (Wildman–Crippen MR) is 106 cm³/mol. The summed E-state index contributed by atoms with van der Waals surface area (Å²) in [6, 6.07) is 9.11. The summed E-state index contributed by atoms with van der Waals surface area (Å²) >= 11 is 6.43. The summed E-state index contributed by atoms with van der Waals surface area (Å²) in [7, 11) is 0. The van der Waals surface area contributed by atoms with E-state index in [0.717, 1.165) is 9.35 Å². The van der Waals surface area contributed by atoms with Crippen molar-refractivity contribution in [1.82, 2.24) is 14.7 Å². The fourth-order valence-electron chi connectivity index (χ4n) is 2.22. The Kier molecular flexibility index (Phi) is 5.93. The van der Waals surface area contributed by atoms with Gasteiger partial charge in [0.2, 0.25) is 5.91 Å². The number of aromatic nitrogens is 2. The molecule has 25 heavy (non-hydrogen) atoms. The molecule has 0 fully saturated rings. The Morgan fingerprint density at radius 3 is 3.04 bits per heavy atom. The molecule has 0 radical (unpaired) electrons. The van der Waals surface area contributed by atoms with Gasteiger partial charge in [-0.05, 0) is 46.4 Å². The zero-order chi connectivity index (χ0) is 17.8. The third-order valence-electron chi connectivity index (χ3n) is 3.54. The number of hydrogen-bond acceptors (Lipinski definition) is 5. The first kappa shape index (κ1) is 18.2. The smallest absolute Gasteiger partial charge is 0.258 e. The summed E-state index contributed by atoms with van der Waals surface area (Å²) in [5, 5.41) is 4.70. The normalized spacial score (nSPS) is 12.2. The van der Waals surface area contributed by atoms with Gasteiger partial charge in [0, 0.05) is 27.4 Å². The van der Waals surface area contributed by atoms with Crippen molar-refractivity contribution in [3.8, 4) is 0 Å². The molecule has 1 atom stereocenters. The van der Waals surface area contributed by atoms with Crippen molar-refractivity contribution in [2.75, 3.05) is 0 Å². The summed E-state index contributed by atoms with van der Waals surface area (Å²) in [4.78, 5) is 29.9. The molecule has 3 rings (SSSR count). The van der Waals surface area contributed by atoms with Crippen LogP contribution in [0.25, 0.3) is 5.65 Å². The lowest BCUT2D eigenvalue weighted by atomic mass is 10.4. The molecule has 0 aromatic carbocycles. The Bertz CT molecular complexity index is 941. The minimum absolute atomic E-state index is 0.0140. The quantitative estimate of drug-likeness (QED) is 0.641. The highest BCUT2D eigenvalue weighted by molar-refractivity contribution is 9.10. The molecule has 0 bridgehead atoms. The van der Waals surface area contributed by atoms with Crippen LogP contribution in [-0.4, -0.2) is 20.5 Å². The molecule has 0 saturated carbocycles. The molecule has 3 aromatic heterocycles. The van der Waals surface area contributed by atoms with E-state index >= 15 is 0 Å². The van der Waals surface area contributed by atoms with Crippen LogP contribution in [0.1, 0.15) is 17.5 Å². The standard InChI is InChI=1S/C17H16BrN3O2S2/c1-11(17(23)19-8-14-3-2-6-24-14)25-10-13-7-16(22)21-9-12(18)4-5-15(21)20-13/h2-7,9,11H,8,10H2,1H3,(H,19,23). The summed E-state index contributed by atoms with van der Waals surface area (Å²) in [6.45, 7) is 2.41. The topological polar surface area (TPSA) is 63.5 Å². The maximum absolute atomic E-state index is 12.2. The Morgan fingerprint density at radius 1 is 1.44 bits per heavy atom. The summed E-state index contributed by atoms with van der Waals surface area (Å²) < 4.78 is 2.32. The maximum atomic E-state index is 12.2. The molecule has 1 unspecified atom stereocenters. The highest BCUT2D eigenvalue weighted by atomic mass is 79.9. The number of halogens is 1. The van der Waals surface area contributed by atoms with E-state index in [2.05, 4.69) is 26.2 Å². The number of carbonyl (C=O) groups is 1. The van der Waals surface area contributed by atoms with E-state index in [9.17, 15) is 9.59 Å². The van der Waals surface area contributed by atoms with Crippen molar-refractivity contribution < 1.29 is 4.79 Å². The first-order valence-electron chi connectivity index (χ1n) is 7.62. The second-order valence-electron chi connectivity index (χ2n) is 5.41. The second kappa shape index (κ2) is 8.16. The van der Waals surface area contributed by atoms with Crippen molar-refractivity contribution >= 4 is 50.6 Å². The van der Waals surface area contributed by atoms with Gasteiger partial charge in [-0.25, -0.2) is 4.98 Å². The van der Waals surface area contributed by atoms with Crippen molar-refractivity contribution in [1.29, 1.82) is 0 Å². The molecular formula is C17H16BrN3O2S2. The number of thiophene rings is 1. The fourth-order valence-corrected chi connectivity index (χ4v) is 4.00. The van der Waals surface area contributed by atoms with Gasteiger partial charge < -0.3 is 5.32 Å². The lowest BCUT2D eigenvalue weighted by molar-refractivity contribution is -0.120. The number of hydrogen-bond donors (Lipinski definition) is 1. The Morgan fingerprint density at radius 2 is 2.28 bits per heavy atom. The van der Waals surface area contributed by atoms with Gasteiger partial charge in [0.05, 0.1) is 17.5 Å². The Balaban J connectivity index is 1.60. The third-order valence-corrected chi connectivity index (χ3v) is 6.07. The van der Waals surface area contributed by atoms with Crippen LogP contribution in [0, 0.1) is 0 Å². The monoisotopic (exact) mass is 437 g/mol. The van der Waals surface area contributed by atoms with Crippen LogP contribution in [-0.2, 0) is 17.1 Å². The number of rotatable bonds is 6. The number of amides is 1. The summed E-state index contributed by atoms with van der Waals surface area (Å²) in [5.74, 6) is 0.495. The maximum Gasteiger partial charge on any atom is 0.258 e. The van der Waals surface area contributed by atoms with Crippen LogP contribution in [0.5, 0.6) is 0 Å². The number of carbonyl (C=O) groups excluding carboxylic acids is 1. The molecule has 8 heteroatoms. The molecular weight excluding hydrogens is 422 g/mol. The van der Waals surface area contributed by atoms with Crippen molar-refractivity contribution in [2.24, 2.45) is 0 Å². The minimum atomic E-state index is -0.217. The van der Waals surface area contributed by atoms with Crippen LogP contribution in [0.3, 0.4) is 0 Å². The fraction of sp³-hybridized carbons (Fsp3) is 0.235. The average Bonchev–Trinajstić information content (AvgIpc) is 3.11. The molecule has 3 heterocycles. The van der Waals surface area contributed by atoms with Crippen molar-refractivity contribution in [2.45, 2.75) is 24.5 Å². The molecule has 5 nitrogen and oxygen atoms in total. The first-order chi connectivity index (χ1) is 12.0. The van der Waals surface area contributed by atoms with Gasteiger partial charge in [-0.1, -0.05) is 6.07 Å². The molecule has 0 aliphatic heterocycles. The first-order valence-corrected chi connectivity index (χ1v) is 10.3. The average molecular weight is 438 g/mol. The van der Waals surface area contributed by atoms with E-state index in [1.54, 1.807) is 23.6 Å². The van der Waals surface area contributed by atoms with Crippen molar-refractivity contribution in [3.05, 3.63) is 67.3 Å². The summed E-state index contributed by atoms with van der Waals surface area (Å²) in [5.41, 5.74) is 1.15. The van der Waals surface area contributed by atoms with Crippen LogP contribution in [0.2, 0.25) is 0 Å².